The van der Waals surface area contributed by atoms with Crippen molar-refractivity contribution in [3.63, 3.8) is 0 Å². The number of nitrogens with one attached hydrogen (secondary N) is 3. The summed E-state index contributed by atoms with van der Waals surface area (Å²) >= 11 is 5.62. The van der Waals surface area contributed by atoms with Crippen LogP contribution in [-0.4, -0.2) is 20.7 Å². The molecule has 2 amide bonds. The predicted octanol–water partition coefficient (Wildman–Crippen LogP) is 3.49. The fourth-order valence-electron chi connectivity index (χ4n) is 1.70. The van der Waals surface area contributed by atoms with Crippen LogP contribution in [0.1, 0.15) is 0 Å². The van der Waals surface area contributed by atoms with Crippen molar-refractivity contribution in [3.8, 4) is 0 Å². The number of benzene rings is 2. The van der Waals surface area contributed by atoms with Crippen LogP contribution in [0, 0.1) is 5.82 Å². The molecule has 0 unspecified atom stereocenters. The molecule has 9 heteroatoms. The van der Waals surface area contributed by atoms with Crippen LogP contribution in [0.3, 0.4) is 0 Å². The lowest BCUT2D eigenvalue weighted by molar-refractivity contribution is 0.262. The number of hydrogen-bond donors (Lipinski definition) is 3. The molecule has 2 aromatic carbocycles. The lowest BCUT2D eigenvalue weighted by Gasteiger charge is -2.09. The Bertz CT molecular complexity index is 826. The lowest BCUT2D eigenvalue weighted by atomic mass is 10.3. The van der Waals surface area contributed by atoms with Gasteiger partial charge in [0.05, 0.1) is 11.3 Å². The third-order valence-electron chi connectivity index (χ3n) is 2.62. The number of carbonyl (C=O) groups excluding carboxylic acids is 1. The van der Waals surface area contributed by atoms with Crippen molar-refractivity contribution < 1.29 is 17.6 Å². The Morgan fingerprint density at radius 1 is 1.00 bits per heavy atom. The average molecular weight is 358 g/mol. The molecular weight excluding hydrogens is 345 g/mol. The Balaban J connectivity index is 1.98. The molecule has 6 nitrogen and oxygen atoms in total. The van der Waals surface area contributed by atoms with Gasteiger partial charge < -0.3 is 10.6 Å². The summed E-state index contributed by atoms with van der Waals surface area (Å²) in [7, 11) is -3.35. The molecule has 0 saturated heterocycles. The maximum Gasteiger partial charge on any atom is 0.323 e. The monoisotopic (exact) mass is 357 g/mol. The van der Waals surface area contributed by atoms with Crippen LogP contribution >= 0.6 is 11.6 Å². The maximum absolute atomic E-state index is 13.0. The first-order valence-corrected chi connectivity index (χ1v) is 8.61. The van der Waals surface area contributed by atoms with Gasteiger partial charge in [0.25, 0.3) is 0 Å². The van der Waals surface area contributed by atoms with E-state index in [-0.39, 0.29) is 5.02 Å². The summed E-state index contributed by atoms with van der Waals surface area (Å²) in [5, 5.41) is 4.95. The molecule has 2 rings (SSSR count). The van der Waals surface area contributed by atoms with Gasteiger partial charge in [-0.3, -0.25) is 4.72 Å². The Labute approximate surface area is 137 Å². The van der Waals surface area contributed by atoms with E-state index in [4.69, 9.17) is 11.6 Å². The zero-order chi connectivity index (χ0) is 17.0. The van der Waals surface area contributed by atoms with Crippen LogP contribution in [0.4, 0.5) is 26.2 Å². The Hall–Kier alpha value is -2.32. The van der Waals surface area contributed by atoms with Crippen molar-refractivity contribution in [2.75, 3.05) is 21.6 Å². The minimum atomic E-state index is -3.35. The molecule has 0 atom stereocenters. The zero-order valence-corrected chi connectivity index (χ0v) is 13.5. The van der Waals surface area contributed by atoms with E-state index in [0.29, 0.717) is 17.1 Å². The van der Waals surface area contributed by atoms with Gasteiger partial charge in [0.1, 0.15) is 5.82 Å². The molecule has 0 bridgehead atoms. The number of carbonyl (C=O) groups is 1. The quantitative estimate of drug-likeness (QED) is 0.782. The summed E-state index contributed by atoms with van der Waals surface area (Å²) in [6.45, 7) is 0. The van der Waals surface area contributed by atoms with E-state index < -0.39 is 21.9 Å². The lowest BCUT2D eigenvalue weighted by Crippen LogP contribution is -2.19. The fourth-order valence-corrected chi connectivity index (χ4v) is 2.45. The molecule has 3 N–H and O–H groups in total. The second-order valence-electron chi connectivity index (χ2n) is 4.66. The van der Waals surface area contributed by atoms with Crippen LogP contribution in [0.2, 0.25) is 5.02 Å². The van der Waals surface area contributed by atoms with E-state index in [1.54, 1.807) is 0 Å². The molecular formula is C14H13ClFN3O3S. The molecule has 23 heavy (non-hydrogen) atoms. The van der Waals surface area contributed by atoms with Crippen LogP contribution in [-0.2, 0) is 10.0 Å². The van der Waals surface area contributed by atoms with Crippen molar-refractivity contribution in [3.05, 3.63) is 53.3 Å². The van der Waals surface area contributed by atoms with E-state index in [1.165, 1.54) is 36.4 Å². The molecule has 0 aromatic heterocycles. The summed E-state index contributed by atoms with van der Waals surface area (Å²) in [5.74, 6) is -0.577. The number of urea groups is 1. The zero-order valence-electron chi connectivity index (χ0n) is 11.9. The van der Waals surface area contributed by atoms with E-state index in [2.05, 4.69) is 15.4 Å². The Morgan fingerprint density at radius 3 is 2.09 bits per heavy atom. The molecule has 122 valence electrons. The smallest absolute Gasteiger partial charge is 0.308 e. The van der Waals surface area contributed by atoms with E-state index in [1.807, 2.05) is 0 Å². The largest absolute Gasteiger partial charge is 0.323 e. The minimum Gasteiger partial charge on any atom is -0.308 e. The second kappa shape index (κ2) is 6.84. The number of amides is 2. The topological polar surface area (TPSA) is 87.3 Å². The van der Waals surface area contributed by atoms with E-state index in [9.17, 15) is 17.6 Å². The van der Waals surface area contributed by atoms with Gasteiger partial charge in [-0.25, -0.2) is 17.6 Å². The van der Waals surface area contributed by atoms with E-state index in [0.717, 1.165) is 12.3 Å². The van der Waals surface area contributed by atoms with Crippen LogP contribution < -0.4 is 15.4 Å². The van der Waals surface area contributed by atoms with Crippen molar-refractivity contribution in [2.45, 2.75) is 0 Å². The highest BCUT2D eigenvalue weighted by atomic mass is 35.5. The molecule has 0 spiro atoms. The fraction of sp³-hybridized carbons (Fsp3) is 0.0714. The maximum atomic E-state index is 13.0. The van der Waals surface area contributed by atoms with Gasteiger partial charge in [-0.1, -0.05) is 11.6 Å². The van der Waals surface area contributed by atoms with Gasteiger partial charge in [-0.15, -0.1) is 0 Å². The first-order valence-electron chi connectivity index (χ1n) is 6.34. The van der Waals surface area contributed by atoms with Gasteiger partial charge in [0, 0.05) is 17.1 Å². The number of sulfonamides is 1. The second-order valence-corrected chi connectivity index (χ2v) is 6.82. The van der Waals surface area contributed by atoms with Crippen LogP contribution in [0.25, 0.3) is 0 Å². The summed E-state index contributed by atoms with van der Waals surface area (Å²) < 4.78 is 37.5. The molecule has 0 saturated carbocycles. The molecule has 0 radical (unpaired) electrons. The average Bonchev–Trinajstić information content (AvgIpc) is 2.43. The summed E-state index contributed by atoms with van der Waals surface area (Å²) in [6.07, 6.45) is 1.04. The van der Waals surface area contributed by atoms with Crippen molar-refractivity contribution >= 4 is 44.7 Å². The highest BCUT2D eigenvalue weighted by Gasteiger charge is 2.06. The molecule has 0 fully saturated rings. The molecule has 2 aromatic rings. The highest BCUT2D eigenvalue weighted by molar-refractivity contribution is 7.92. The molecule has 0 aliphatic heterocycles. The van der Waals surface area contributed by atoms with Crippen LogP contribution in [0.5, 0.6) is 0 Å². The van der Waals surface area contributed by atoms with Crippen molar-refractivity contribution in [2.24, 2.45) is 0 Å². The van der Waals surface area contributed by atoms with Gasteiger partial charge >= 0.3 is 6.03 Å². The van der Waals surface area contributed by atoms with Gasteiger partial charge in [-0.05, 0) is 42.5 Å². The Morgan fingerprint density at radius 2 is 1.52 bits per heavy atom. The highest BCUT2D eigenvalue weighted by Crippen LogP contribution is 2.20. The summed E-state index contributed by atoms with van der Waals surface area (Å²) in [6, 6.07) is 9.34. The third kappa shape index (κ3) is 5.42. The summed E-state index contributed by atoms with van der Waals surface area (Å²) in [4.78, 5) is 11.8. The number of hydrogen-bond acceptors (Lipinski definition) is 3. The Kier molecular flexibility index (Phi) is 5.07. The minimum absolute atomic E-state index is 0.0981. The normalized spacial score (nSPS) is 10.9. The first-order chi connectivity index (χ1) is 10.7. The third-order valence-corrected chi connectivity index (χ3v) is 3.52. The molecule has 0 aliphatic rings. The summed E-state index contributed by atoms with van der Waals surface area (Å²) in [5.41, 5.74) is 1.17. The first kappa shape index (κ1) is 17.0. The van der Waals surface area contributed by atoms with Gasteiger partial charge in [0.15, 0.2) is 0 Å². The van der Waals surface area contributed by atoms with Crippen LogP contribution in [0.15, 0.2) is 42.5 Å². The van der Waals surface area contributed by atoms with Crippen molar-refractivity contribution in [1.82, 2.24) is 0 Å². The van der Waals surface area contributed by atoms with Gasteiger partial charge in [-0.2, -0.15) is 0 Å². The standard InChI is InChI=1S/C14H13ClFN3O3S/c1-23(21,22)19-10-4-2-9(3-5-10)17-14(20)18-11-6-7-13(16)12(15)8-11/h2-8,19H,1H3,(H2,17,18,20). The van der Waals surface area contributed by atoms with Crippen molar-refractivity contribution in [1.29, 1.82) is 0 Å². The molecule has 0 heterocycles. The molecule has 0 aliphatic carbocycles. The number of halogens is 2. The van der Waals surface area contributed by atoms with Gasteiger partial charge in [0.2, 0.25) is 10.0 Å². The predicted molar refractivity (Wildman–Crippen MR) is 89.0 cm³/mol. The number of rotatable bonds is 4. The SMILES string of the molecule is CS(=O)(=O)Nc1ccc(NC(=O)Nc2ccc(F)c(Cl)c2)cc1. The number of anilines is 3. The van der Waals surface area contributed by atoms with E-state index >= 15 is 0 Å².